The van der Waals surface area contributed by atoms with Crippen LogP contribution in [0, 0.1) is 25.2 Å². The maximum absolute atomic E-state index is 12.4. The van der Waals surface area contributed by atoms with E-state index in [2.05, 4.69) is 11.4 Å². The predicted molar refractivity (Wildman–Crippen MR) is 110 cm³/mol. The van der Waals surface area contributed by atoms with Gasteiger partial charge in [-0.15, -0.1) is 11.3 Å². The third-order valence-electron chi connectivity index (χ3n) is 4.38. The summed E-state index contributed by atoms with van der Waals surface area (Å²) in [7, 11) is 4.43. The Balaban J connectivity index is 2.09. The largest absolute Gasteiger partial charge is 0.493 e. The Morgan fingerprint density at radius 2 is 1.69 bits per heavy atom. The zero-order valence-corrected chi connectivity index (χ0v) is 17.9. The number of rotatable bonds is 9. The molecule has 1 N–H and O–H groups in total. The number of methoxy groups -OCH3 is 3. The number of nitrogens with one attached hydrogen (secondary N) is 1. The average molecular weight is 416 g/mol. The van der Waals surface area contributed by atoms with Crippen LogP contribution in [0.5, 0.6) is 17.2 Å². The van der Waals surface area contributed by atoms with E-state index in [9.17, 15) is 14.9 Å². The summed E-state index contributed by atoms with van der Waals surface area (Å²) in [5.41, 5.74) is 1.15. The number of amides is 1. The van der Waals surface area contributed by atoms with E-state index in [1.54, 1.807) is 23.5 Å². The number of benzene rings is 1. The summed E-state index contributed by atoms with van der Waals surface area (Å²) < 4.78 is 15.8. The number of ketones is 1. The molecule has 29 heavy (non-hydrogen) atoms. The van der Waals surface area contributed by atoms with Gasteiger partial charge in [0.15, 0.2) is 17.3 Å². The van der Waals surface area contributed by atoms with Crippen molar-refractivity contribution in [1.82, 2.24) is 5.32 Å². The van der Waals surface area contributed by atoms with Crippen LogP contribution in [-0.2, 0) is 4.79 Å². The van der Waals surface area contributed by atoms with Crippen LogP contribution in [0.2, 0.25) is 0 Å². The lowest BCUT2D eigenvalue weighted by Gasteiger charge is -2.17. The summed E-state index contributed by atoms with van der Waals surface area (Å²) in [5, 5.41) is 12.2. The fourth-order valence-corrected chi connectivity index (χ4v) is 3.90. The van der Waals surface area contributed by atoms with Crippen molar-refractivity contribution in [1.29, 1.82) is 5.26 Å². The summed E-state index contributed by atoms with van der Waals surface area (Å²) in [6.07, 6.45) is 0.0754. The van der Waals surface area contributed by atoms with Crippen LogP contribution in [0.25, 0.3) is 0 Å². The summed E-state index contributed by atoms with van der Waals surface area (Å²) in [5.74, 6) is 0.699. The Bertz CT molecular complexity index is 920. The van der Waals surface area contributed by atoms with Gasteiger partial charge in [0, 0.05) is 28.2 Å². The number of thiophene rings is 1. The van der Waals surface area contributed by atoms with E-state index in [0.29, 0.717) is 28.4 Å². The van der Waals surface area contributed by atoms with E-state index in [-0.39, 0.29) is 24.5 Å². The molecule has 154 valence electrons. The molecule has 0 aliphatic heterocycles. The Kier molecular flexibility index (Phi) is 7.62. The van der Waals surface area contributed by atoms with Gasteiger partial charge in [-0.3, -0.25) is 9.59 Å². The second-order valence-corrected chi connectivity index (χ2v) is 7.80. The molecule has 0 bridgehead atoms. The molecule has 7 nitrogen and oxygen atoms in total. The standard InChI is InChI=1S/C21H24N2O5S/c1-12-8-15(13(2)29-12)17(24)6-7-20(25)23-16(11-22)14-9-18(26-3)21(28-5)19(10-14)27-4/h8-10,16H,6-7H2,1-5H3,(H,23,25). The number of nitriles is 1. The number of hydrogen-bond acceptors (Lipinski definition) is 7. The van der Waals surface area contributed by atoms with Crippen LogP contribution in [0.3, 0.4) is 0 Å². The van der Waals surface area contributed by atoms with Gasteiger partial charge in [-0.1, -0.05) is 0 Å². The van der Waals surface area contributed by atoms with E-state index in [4.69, 9.17) is 14.2 Å². The zero-order chi connectivity index (χ0) is 21.6. The quantitative estimate of drug-likeness (QED) is 0.626. The van der Waals surface area contributed by atoms with E-state index in [1.165, 1.54) is 21.3 Å². The molecule has 8 heteroatoms. The Morgan fingerprint density at radius 3 is 2.14 bits per heavy atom. The number of carbonyl (C=O) groups excluding carboxylic acids is 2. The van der Waals surface area contributed by atoms with E-state index in [0.717, 1.165) is 9.75 Å². The SMILES string of the molecule is COc1cc(C(C#N)NC(=O)CCC(=O)c2cc(C)sc2C)cc(OC)c1OC. The van der Waals surface area contributed by atoms with Crippen molar-refractivity contribution < 1.29 is 23.8 Å². The maximum Gasteiger partial charge on any atom is 0.221 e. The second-order valence-electron chi connectivity index (χ2n) is 6.34. The van der Waals surface area contributed by atoms with Gasteiger partial charge >= 0.3 is 0 Å². The lowest BCUT2D eigenvalue weighted by molar-refractivity contribution is -0.121. The van der Waals surface area contributed by atoms with Gasteiger partial charge < -0.3 is 19.5 Å². The van der Waals surface area contributed by atoms with Crippen LogP contribution >= 0.6 is 11.3 Å². The first-order valence-corrected chi connectivity index (χ1v) is 9.75. The van der Waals surface area contributed by atoms with Gasteiger partial charge in [0.25, 0.3) is 0 Å². The van der Waals surface area contributed by atoms with Crippen LogP contribution in [-0.4, -0.2) is 33.0 Å². The summed E-state index contributed by atoms with van der Waals surface area (Å²) in [4.78, 5) is 26.7. The van der Waals surface area contributed by atoms with Gasteiger partial charge in [-0.2, -0.15) is 5.26 Å². The minimum Gasteiger partial charge on any atom is -0.493 e. The first-order chi connectivity index (χ1) is 13.8. The Morgan fingerprint density at radius 1 is 1.07 bits per heavy atom. The van der Waals surface area contributed by atoms with Crippen molar-refractivity contribution in [2.75, 3.05) is 21.3 Å². The lowest BCUT2D eigenvalue weighted by Crippen LogP contribution is -2.28. The second kappa shape index (κ2) is 9.94. The highest BCUT2D eigenvalue weighted by atomic mass is 32.1. The molecule has 0 fully saturated rings. The van der Waals surface area contributed by atoms with Crippen LogP contribution in [0.1, 0.15) is 44.6 Å². The molecule has 1 unspecified atom stereocenters. The molecule has 0 saturated carbocycles. The molecule has 1 aromatic heterocycles. The number of nitrogens with zero attached hydrogens (tertiary/aromatic N) is 1. The lowest BCUT2D eigenvalue weighted by atomic mass is 10.0. The minimum atomic E-state index is -0.920. The van der Waals surface area contributed by atoms with Crippen molar-refractivity contribution in [3.63, 3.8) is 0 Å². The molecule has 1 aromatic carbocycles. The summed E-state index contributed by atoms with van der Waals surface area (Å²) >= 11 is 1.55. The highest BCUT2D eigenvalue weighted by Crippen LogP contribution is 2.39. The first kappa shape index (κ1) is 22.2. The van der Waals surface area contributed by atoms with Crippen molar-refractivity contribution in [2.24, 2.45) is 0 Å². The number of aryl methyl sites for hydroxylation is 2. The average Bonchev–Trinajstić information content (AvgIpc) is 3.06. The number of hydrogen-bond donors (Lipinski definition) is 1. The third kappa shape index (κ3) is 5.27. The molecule has 0 spiro atoms. The molecule has 0 saturated heterocycles. The first-order valence-electron chi connectivity index (χ1n) is 8.93. The minimum absolute atomic E-state index is 0.00419. The van der Waals surface area contributed by atoms with Gasteiger partial charge in [0.1, 0.15) is 6.04 Å². The molecule has 0 aliphatic carbocycles. The van der Waals surface area contributed by atoms with Gasteiger partial charge in [0.05, 0.1) is 27.4 Å². The van der Waals surface area contributed by atoms with Crippen molar-refractivity contribution in [2.45, 2.75) is 32.7 Å². The fourth-order valence-electron chi connectivity index (χ4n) is 2.96. The van der Waals surface area contributed by atoms with E-state index in [1.807, 2.05) is 19.9 Å². The molecule has 1 atom stereocenters. The molecule has 2 aromatic rings. The molecule has 1 amide bonds. The van der Waals surface area contributed by atoms with Crippen LogP contribution in [0.4, 0.5) is 0 Å². The molecule has 0 aliphatic rings. The van der Waals surface area contributed by atoms with Crippen molar-refractivity contribution >= 4 is 23.0 Å². The summed E-state index contributed by atoms with van der Waals surface area (Å²) in [6, 6.07) is 6.19. The summed E-state index contributed by atoms with van der Waals surface area (Å²) in [6.45, 7) is 3.83. The van der Waals surface area contributed by atoms with E-state index >= 15 is 0 Å². The molecular formula is C21H24N2O5S. The monoisotopic (exact) mass is 416 g/mol. The molecular weight excluding hydrogens is 392 g/mol. The Labute approximate surface area is 174 Å². The smallest absolute Gasteiger partial charge is 0.221 e. The number of Topliss-reactive ketones (excluding diaryl/α,β-unsaturated/α-hetero) is 1. The van der Waals surface area contributed by atoms with Gasteiger partial charge in [-0.25, -0.2) is 0 Å². The highest BCUT2D eigenvalue weighted by molar-refractivity contribution is 7.12. The zero-order valence-electron chi connectivity index (χ0n) is 17.1. The predicted octanol–water partition coefficient (Wildman–Crippen LogP) is 3.73. The topological polar surface area (TPSA) is 97.7 Å². The third-order valence-corrected chi connectivity index (χ3v) is 5.34. The van der Waals surface area contributed by atoms with Gasteiger partial charge in [0.2, 0.25) is 11.7 Å². The highest BCUT2D eigenvalue weighted by Gasteiger charge is 2.21. The molecule has 1 heterocycles. The fraction of sp³-hybridized carbons (Fsp3) is 0.381. The van der Waals surface area contributed by atoms with Gasteiger partial charge in [-0.05, 0) is 37.6 Å². The van der Waals surface area contributed by atoms with E-state index < -0.39 is 6.04 Å². The molecule has 2 rings (SSSR count). The van der Waals surface area contributed by atoms with Crippen molar-refractivity contribution in [3.8, 4) is 23.3 Å². The number of carbonyl (C=O) groups is 2. The van der Waals surface area contributed by atoms with Crippen LogP contribution in [0.15, 0.2) is 18.2 Å². The van der Waals surface area contributed by atoms with Crippen LogP contribution < -0.4 is 19.5 Å². The van der Waals surface area contributed by atoms with Crippen molar-refractivity contribution in [3.05, 3.63) is 39.1 Å². The normalized spacial score (nSPS) is 11.3. The number of ether oxygens (including phenoxy) is 3. The maximum atomic E-state index is 12.4. The Hall–Kier alpha value is -3.05. The molecule has 0 radical (unpaired) electrons.